The van der Waals surface area contributed by atoms with Crippen LogP contribution in [0.15, 0.2) is 18.3 Å². The van der Waals surface area contributed by atoms with Crippen molar-refractivity contribution >= 4 is 0 Å². The largest absolute Gasteiger partial charge is 0.315 e. The molecule has 100 valence electrons. The molecule has 1 aromatic heterocycles. The topological polar surface area (TPSA) is 28.2 Å². The van der Waals surface area contributed by atoms with Crippen LogP contribution in [0.3, 0.4) is 0 Å². The van der Waals surface area contributed by atoms with E-state index in [1.807, 2.05) is 6.20 Å². The lowest BCUT2D eigenvalue weighted by Crippen LogP contribution is -2.32. The van der Waals surface area contributed by atoms with Gasteiger partial charge in [0.15, 0.2) is 0 Å². The lowest BCUT2D eigenvalue weighted by molar-refractivity contribution is 0.201. The van der Waals surface area contributed by atoms with Crippen molar-refractivity contribution in [1.82, 2.24) is 15.2 Å². The molecule has 2 heterocycles. The van der Waals surface area contributed by atoms with E-state index in [-0.39, 0.29) is 0 Å². The number of hydrogen-bond acceptors (Lipinski definition) is 3. The molecule has 0 spiro atoms. The van der Waals surface area contributed by atoms with Crippen LogP contribution in [0.2, 0.25) is 0 Å². The summed E-state index contributed by atoms with van der Waals surface area (Å²) in [6, 6.07) is 4.92. The number of aromatic nitrogens is 1. The lowest BCUT2D eigenvalue weighted by atomic mass is 10.1. The molecule has 0 amide bonds. The van der Waals surface area contributed by atoms with E-state index in [0.717, 1.165) is 32.5 Å². The third-order valence-electron chi connectivity index (χ3n) is 3.80. The van der Waals surface area contributed by atoms with Gasteiger partial charge in [-0.05, 0) is 37.4 Å². The van der Waals surface area contributed by atoms with Gasteiger partial charge in [-0.15, -0.1) is 0 Å². The first kappa shape index (κ1) is 13.5. The Hall–Kier alpha value is -0.930. The number of rotatable bonds is 4. The maximum atomic E-state index is 4.66. The van der Waals surface area contributed by atoms with E-state index >= 15 is 0 Å². The molecule has 0 bridgehead atoms. The molecule has 0 saturated carbocycles. The zero-order chi connectivity index (χ0) is 12.8. The van der Waals surface area contributed by atoms with Gasteiger partial charge in [-0.1, -0.05) is 19.9 Å². The summed E-state index contributed by atoms with van der Waals surface area (Å²) in [7, 11) is 0. The Bertz CT molecular complexity index is 339. The van der Waals surface area contributed by atoms with Crippen LogP contribution in [-0.2, 0) is 6.42 Å². The van der Waals surface area contributed by atoms with Crippen molar-refractivity contribution in [3.05, 3.63) is 29.6 Å². The predicted molar refractivity (Wildman–Crippen MR) is 75.7 cm³/mol. The van der Waals surface area contributed by atoms with Crippen LogP contribution in [0.25, 0.3) is 0 Å². The Labute approximate surface area is 111 Å². The van der Waals surface area contributed by atoms with Gasteiger partial charge in [0.05, 0.1) is 11.7 Å². The van der Waals surface area contributed by atoms with Crippen molar-refractivity contribution in [1.29, 1.82) is 0 Å². The van der Waals surface area contributed by atoms with Crippen LogP contribution < -0.4 is 5.32 Å². The van der Waals surface area contributed by atoms with Gasteiger partial charge in [-0.25, -0.2) is 0 Å². The highest BCUT2D eigenvalue weighted by Crippen LogP contribution is 2.23. The van der Waals surface area contributed by atoms with Crippen molar-refractivity contribution in [2.75, 3.05) is 26.2 Å². The minimum Gasteiger partial charge on any atom is -0.315 e. The lowest BCUT2D eigenvalue weighted by Gasteiger charge is -2.29. The number of nitrogens with zero attached hydrogens (tertiary/aromatic N) is 2. The molecular formula is C15H25N3. The molecule has 0 radical (unpaired) electrons. The molecule has 1 aliphatic rings. The normalized spacial score (nSPS) is 19.4. The van der Waals surface area contributed by atoms with Crippen molar-refractivity contribution in [2.45, 2.75) is 39.2 Å². The molecule has 2 rings (SSSR count). The first-order valence-electron chi connectivity index (χ1n) is 7.24. The highest BCUT2D eigenvalue weighted by Gasteiger charge is 2.20. The quantitative estimate of drug-likeness (QED) is 0.885. The predicted octanol–water partition coefficient (Wildman–Crippen LogP) is 2.39. The monoisotopic (exact) mass is 247 g/mol. The van der Waals surface area contributed by atoms with Crippen LogP contribution in [0.1, 0.15) is 44.0 Å². The molecule has 1 fully saturated rings. The Balaban J connectivity index is 2.10. The van der Waals surface area contributed by atoms with Gasteiger partial charge in [-0.3, -0.25) is 9.88 Å². The smallest absolute Gasteiger partial charge is 0.0575 e. The summed E-state index contributed by atoms with van der Waals surface area (Å²) < 4.78 is 0. The second-order valence-electron chi connectivity index (χ2n) is 5.01. The Morgan fingerprint density at radius 1 is 1.28 bits per heavy atom. The van der Waals surface area contributed by atoms with Gasteiger partial charge in [0, 0.05) is 25.8 Å². The number of nitrogens with one attached hydrogen (secondary N) is 1. The standard InChI is InChI=1S/C15H25N3/c1-3-13-6-7-14(17-12-13)15(4-2)18-10-5-8-16-9-11-18/h6-7,12,15-16H,3-5,8-11H2,1-2H3. The zero-order valence-corrected chi connectivity index (χ0v) is 11.7. The van der Waals surface area contributed by atoms with Crippen molar-refractivity contribution in [3.8, 4) is 0 Å². The van der Waals surface area contributed by atoms with E-state index in [1.54, 1.807) is 0 Å². The van der Waals surface area contributed by atoms with Gasteiger partial charge < -0.3 is 5.32 Å². The minimum absolute atomic E-state index is 0.482. The highest BCUT2D eigenvalue weighted by molar-refractivity contribution is 5.16. The average Bonchev–Trinajstić information content (AvgIpc) is 2.70. The highest BCUT2D eigenvalue weighted by atomic mass is 15.2. The summed E-state index contributed by atoms with van der Waals surface area (Å²) in [5.74, 6) is 0. The van der Waals surface area contributed by atoms with Crippen LogP contribution in [-0.4, -0.2) is 36.1 Å². The summed E-state index contributed by atoms with van der Waals surface area (Å²) in [4.78, 5) is 7.24. The third kappa shape index (κ3) is 3.30. The van der Waals surface area contributed by atoms with Gasteiger partial charge in [0.25, 0.3) is 0 Å². The van der Waals surface area contributed by atoms with E-state index in [2.05, 4.69) is 41.2 Å². The van der Waals surface area contributed by atoms with Gasteiger partial charge >= 0.3 is 0 Å². The number of hydrogen-bond donors (Lipinski definition) is 1. The Kier molecular flexibility index (Phi) is 5.14. The van der Waals surface area contributed by atoms with E-state index in [9.17, 15) is 0 Å². The summed E-state index contributed by atoms with van der Waals surface area (Å²) in [5.41, 5.74) is 2.56. The van der Waals surface area contributed by atoms with Crippen molar-refractivity contribution < 1.29 is 0 Å². The number of aryl methyl sites for hydroxylation is 1. The fourth-order valence-electron chi connectivity index (χ4n) is 2.67. The summed E-state index contributed by atoms with van der Waals surface area (Å²) >= 11 is 0. The Morgan fingerprint density at radius 2 is 2.17 bits per heavy atom. The van der Waals surface area contributed by atoms with Crippen molar-refractivity contribution in [2.24, 2.45) is 0 Å². The maximum Gasteiger partial charge on any atom is 0.0575 e. The fourth-order valence-corrected chi connectivity index (χ4v) is 2.67. The van der Waals surface area contributed by atoms with Gasteiger partial charge in [-0.2, -0.15) is 0 Å². The second kappa shape index (κ2) is 6.86. The average molecular weight is 247 g/mol. The molecule has 1 aromatic rings. The van der Waals surface area contributed by atoms with E-state index in [4.69, 9.17) is 0 Å². The van der Waals surface area contributed by atoms with Gasteiger partial charge in [0.1, 0.15) is 0 Å². The molecule has 1 atom stereocenters. The van der Waals surface area contributed by atoms with Crippen LogP contribution in [0.5, 0.6) is 0 Å². The van der Waals surface area contributed by atoms with E-state index in [0.29, 0.717) is 6.04 Å². The summed E-state index contributed by atoms with van der Waals surface area (Å²) in [6.07, 6.45) is 5.48. The van der Waals surface area contributed by atoms with Crippen LogP contribution in [0.4, 0.5) is 0 Å². The summed E-state index contributed by atoms with van der Waals surface area (Å²) in [5, 5.41) is 3.46. The summed E-state index contributed by atoms with van der Waals surface area (Å²) in [6.45, 7) is 9.00. The van der Waals surface area contributed by atoms with Crippen LogP contribution in [0, 0.1) is 0 Å². The molecule has 0 aromatic carbocycles. The molecule has 1 saturated heterocycles. The van der Waals surface area contributed by atoms with Crippen molar-refractivity contribution in [3.63, 3.8) is 0 Å². The van der Waals surface area contributed by atoms with E-state index < -0.39 is 0 Å². The van der Waals surface area contributed by atoms with Gasteiger partial charge in [0.2, 0.25) is 0 Å². The first-order valence-corrected chi connectivity index (χ1v) is 7.24. The Morgan fingerprint density at radius 3 is 2.83 bits per heavy atom. The molecule has 0 aliphatic carbocycles. The number of pyridine rings is 1. The second-order valence-corrected chi connectivity index (χ2v) is 5.01. The fraction of sp³-hybridized carbons (Fsp3) is 0.667. The first-order chi connectivity index (χ1) is 8.85. The molecule has 3 heteroatoms. The zero-order valence-electron chi connectivity index (χ0n) is 11.7. The molecular weight excluding hydrogens is 222 g/mol. The molecule has 1 N–H and O–H groups in total. The minimum atomic E-state index is 0.482. The maximum absolute atomic E-state index is 4.66. The SMILES string of the molecule is CCc1ccc(C(CC)N2CCCNCC2)nc1. The molecule has 18 heavy (non-hydrogen) atoms. The molecule has 3 nitrogen and oxygen atoms in total. The van der Waals surface area contributed by atoms with E-state index in [1.165, 1.54) is 24.2 Å². The molecule has 1 aliphatic heterocycles. The van der Waals surface area contributed by atoms with Crippen LogP contribution >= 0.6 is 0 Å². The third-order valence-corrected chi connectivity index (χ3v) is 3.80. The molecule has 1 unspecified atom stereocenters.